The van der Waals surface area contributed by atoms with Crippen molar-refractivity contribution in [3.63, 3.8) is 0 Å². The number of benzene rings is 1. The molecule has 0 aliphatic heterocycles. The van der Waals surface area contributed by atoms with Gasteiger partial charge in [0.25, 0.3) is 0 Å². The largest absolute Gasteiger partial charge is 0.243 e. The normalized spacial score (nSPS) is 13.8. The second-order valence-electron chi connectivity index (χ2n) is 5.34. The summed E-state index contributed by atoms with van der Waals surface area (Å²) in [7, 11) is -3.57. The van der Waals surface area contributed by atoms with Gasteiger partial charge in [0.15, 0.2) is 0 Å². The van der Waals surface area contributed by atoms with E-state index in [1.54, 1.807) is 13.8 Å². The summed E-state index contributed by atoms with van der Waals surface area (Å²) < 4.78 is 40.4. The second kappa shape index (κ2) is 6.68. The monoisotopic (exact) mass is 301 g/mol. The van der Waals surface area contributed by atoms with Crippen LogP contribution < -0.4 is 0 Å². The highest BCUT2D eigenvalue weighted by Crippen LogP contribution is 2.25. The number of hydrogen-bond donors (Lipinski definition) is 0. The van der Waals surface area contributed by atoms with Crippen LogP contribution in [0.1, 0.15) is 38.3 Å². The Kier molecular flexibility index (Phi) is 5.71. The molecule has 1 aromatic carbocycles. The predicted octanol–water partition coefficient (Wildman–Crippen LogP) is 3.50. The van der Waals surface area contributed by atoms with Gasteiger partial charge in [-0.05, 0) is 43.0 Å². The van der Waals surface area contributed by atoms with Gasteiger partial charge in [-0.25, -0.2) is 12.8 Å². The predicted molar refractivity (Wildman–Crippen MR) is 79.8 cm³/mol. The minimum absolute atomic E-state index is 0.240. The van der Waals surface area contributed by atoms with Crippen LogP contribution in [0.15, 0.2) is 17.0 Å². The first-order valence-corrected chi connectivity index (χ1v) is 8.44. The zero-order valence-corrected chi connectivity index (χ0v) is 13.7. The zero-order valence-electron chi connectivity index (χ0n) is 12.9. The van der Waals surface area contributed by atoms with Crippen molar-refractivity contribution in [1.82, 2.24) is 4.31 Å². The second-order valence-corrected chi connectivity index (χ2v) is 7.21. The molecule has 0 aromatic heterocycles. The van der Waals surface area contributed by atoms with E-state index in [4.69, 9.17) is 0 Å². The summed E-state index contributed by atoms with van der Waals surface area (Å²) in [5.74, 6) is -0.102. The van der Waals surface area contributed by atoms with Gasteiger partial charge >= 0.3 is 0 Å². The molecule has 0 saturated carbocycles. The molecule has 0 N–H and O–H groups in total. The van der Waals surface area contributed by atoms with Gasteiger partial charge in [-0.3, -0.25) is 0 Å². The summed E-state index contributed by atoms with van der Waals surface area (Å²) in [6.45, 7) is 10.1. The molecule has 0 radical (unpaired) electrons. The van der Waals surface area contributed by atoms with Gasteiger partial charge in [-0.2, -0.15) is 4.31 Å². The molecule has 114 valence electrons. The van der Waals surface area contributed by atoms with E-state index in [-0.39, 0.29) is 4.90 Å². The molecule has 0 aliphatic rings. The van der Waals surface area contributed by atoms with E-state index in [1.807, 2.05) is 20.8 Å². The first kappa shape index (κ1) is 17.1. The van der Waals surface area contributed by atoms with Gasteiger partial charge in [-0.1, -0.05) is 27.2 Å². The molecule has 1 unspecified atom stereocenters. The van der Waals surface area contributed by atoms with Crippen molar-refractivity contribution in [2.24, 2.45) is 5.92 Å². The Morgan fingerprint density at radius 3 is 2.10 bits per heavy atom. The summed E-state index contributed by atoms with van der Waals surface area (Å²) in [4.78, 5) is 0.240. The lowest BCUT2D eigenvalue weighted by Gasteiger charge is -2.25. The zero-order chi connectivity index (χ0) is 15.5. The van der Waals surface area contributed by atoms with Crippen molar-refractivity contribution in [2.45, 2.75) is 45.9 Å². The summed E-state index contributed by atoms with van der Waals surface area (Å²) in [5, 5.41) is 0. The van der Waals surface area contributed by atoms with E-state index in [0.29, 0.717) is 30.1 Å². The highest BCUT2D eigenvalue weighted by molar-refractivity contribution is 7.89. The fourth-order valence-electron chi connectivity index (χ4n) is 2.31. The molecule has 0 saturated heterocycles. The SMILES string of the molecule is CCC(C)CN(CC)S(=O)(=O)c1c(C)cc(F)cc1C. The fourth-order valence-corrected chi connectivity index (χ4v) is 4.29. The quantitative estimate of drug-likeness (QED) is 0.806. The molecule has 1 atom stereocenters. The van der Waals surface area contributed by atoms with E-state index in [2.05, 4.69) is 0 Å². The van der Waals surface area contributed by atoms with E-state index < -0.39 is 15.8 Å². The van der Waals surface area contributed by atoms with Crippen molar-refractivity contribution < 1.29 is 12.8 Å². The molecule has 3 nitrogen and oxygen atoms in total. The standard InChI is InChI=1S/C15H24FNO2S/c1-6-11(3)10-17(7-2)20(18,19)15-12(4)8-14(16)9-13(15)5/h8-9,11H,6-7,10H2,1-5H3. The van der Waals surface area contributed by atoms with Crippen LogP contribution >= 0.6 is 0 Å². The summed E-state index contributed by atoms with van der Waals surface area (Å²) in [5.41, 5.74) is 0.926. The first-order chi connectivity index (χ1) is 9.23. The van der Waals surface area contributed by atoms with Crippen LogP contribution in [0.2, 0.25) is 0 Å². The van der Waals surface area contributed by atoms with Gasteiger partial charge in [0.2, 0.25) is 10.0 Å². The number of rotatable bonds is 6. The van der Waals surface area contributed by atoms with E-state index in [9.17, 15) is 12.8 Å². The maximum atomic E-state index is 13.3. The Morgan fingerprint density at radius 1 is 1.20 bits per heavy atom. The number of hydrogen-bond acceptors (Lipinski definition) is 2. The maximum Gasteiger partial charge on any atom is 0.243 e. The Hall–Kier alpha value is -0.940. The van der Waals surface area contributed by atoms with E-state index >= 15 is 0 Å². The molecular weight excluding hydrogens is 277 g/mol. The lowest BCUT2D eigenvalue weighted by Crippen LogP contribution is -2.35. The number of aryl methyl sites for hydroxylation is 2. The van der Waals surface area contributed by atoms with Crippen LogP contribution in [0.3, 0.4) is 0 Å². The molecular formula is C15H24FNO2S. The average molecular weight is 301 g/mol. The van der Waals surface area contributed by atoms with E-state index in [1.165, 1.54) is 16.4 Å². The van der Waals surface area contributed by atoms with Crippen molar-refractivity contribution in [2.75, 3.05) is 13.1 Å². The Bertz CT molecular complexity index is 546. The third-order valence-electron chi connectivity index (χ3n) is 3.59. The molecule has 0 fully saturated rings. The summed E-state index contributed by atoms with van der Waals surface area (Å²) >= 11 is 0. The highest BCUT2D eigenvalue weighted by Gasteiger charge is 2.27. The lowest BCUT2D eigenvalue weighted by molar-refractivity contribution is 0.361. The number of nitrogens with zero attached hydrogens (tertiary/aromatic N) is 1. The molecule has 0 bridgehead atoms. The van der Waals surface area contributed by atoms with E-state index in [0.717, 1.165) is 6.42 Å². The third kappa shape index (κ3) is 3.58. The molecule has 20 heavy (non-hydrogen) atoms. The molecule has 0 aliphatic carbocycles. The van der Waals surface area contributed by atoms with Gasteiger partial charge in [0.1, 0.15) is 5.82 Å². The fraction of sp³-hybridized carbons (Fsp3) is 0.600. The number of sulfonamides is 1. The molecule has 0 heterocycles. The average Bonchev–Trinajstić information content (AvgIpc) is 2.33. The van der Waals surface area contributed by atoms with Gasteiger partial charge in [-0.15, -0.1) is 0 Å². The minimum Gasteiger partial charge on any atom is -0.207 e. The summed E-state index contributed by atoms with van der Waals surface area (Å²) in [6.07, 6.45) is 0.924. The summed E-state index contributed by atoms with van der Waals surface area (Å²) in [6, 6.07) is 2.55. The van der Waals surface area contributed by atoms with Crippen LogP contribution in [0.4, 0.5) is 4.39 Å². The maximum absolute atomic E-state index is 13.3. The Balaban J connectivity index is 3.28. The molecule has 1 aromatic rings. The first-order valence-electron chi connectivity index (χ1n) is 7.00. The van der Waals surface area contributed by atoms with Crippen molar-refractivity contribution in [3.05, 3.63) is 29.1 Å². The van der Waals surface area contributed by atoms with Crippen molar-refractivity contribution in [3.8, 4) is 0 Å². The van der Waals surface area contributed by atoms with Crippen molar-refractivity contribution >= 4 is 10.0 Å². The molecule has 0 spiro atoms. The van der Waals surface area contributed by atoms with Gasteiger partial charge in [0.05, 0.1) is 4.90 Å². The van der Waals surface area contributed by atoms with Crippen LogP contribution in [0, 0.1) is 25.6 Å². The smallest absolute Gasteiger partial charge is 0.207 e. The van der Waals surface area contributed by atoms with Crippen LogP contribution in [-0.4, -0.2) is 25.8 Å². The topological polar surface area (TPSA) is 37.4 Å². The minimum atomic E-state index is -3.57. The van der Waals surface area contributed by atoms with Crippen LogP contribution in [-0.2, 0) is 10.0 Å². The lowest BCUT2D eigenvalue weighted by atomic mass is 10.1. The van der Waals surface area contributed by atoms with Gasteiger partial charge < -0.3 is 0 Å². The molecule has 5 heteroatoms. The van der Waals surface area contributed by atoms with Crippen LogP contribution in [0.25, 0.3) is 0 Å². The Morgan fingerprint density at radius 2 is 1.70 bits per heavy atom. The highest BCUT2D eigenvalue weighted by atomic mass is 32.2. The Labute approximate surface area is 121 Å². The van der Waals surface area contributed by atoms with Crippen LogP contribution in [0.5, 0.6) is 0 Å². The molecule has 0 amide bonds. The molecule has 1 rings (SSSR count). The van der Waals surface area contributed by atoms with Gasteiger partial charge in [0, 0.05) is 13.1 Å². The van der Waals surface area contributed by atoms with Crippen molar-refractivity contribution in [1.29, 1.82) is 0 Å². The third-order valence-corrected chi connectivity index (χ3v) is 5.83. The number of halogens is 1.